The topological polar surface area (TPSA) is 107 Å². The molecule has 0 aliphatic carbocycles. The molecule has 2 amide bonds. The van der Waals surface area contributed by atoms with Crippen LogP contribution in [0.2, 0.25) is 0 Å². The van der Waals surface area contributed by atoms with E-state index >= 15 is 0 Å². The van der Waals surface area contributed by atoms with E-state index in [0.717, 1.165) is 17.0 Å². The average Bonchev–Trinajstić information content (AvgIpc) is 3.03. The Labute approximate surface area is 127 Å². The summed E-state index contributed by atoms with van der Waals surface area (Å²) < 4.78 is 5.41. The van der Waals surface area contributed by atoms with Gasteiger partial charge in [-0.3, -0.25) is 24.3 Å². The van der Waals surface area contributed by atoms with Crippen LogP contribution in [0.1, 0.15) is 20.7 Å². The molecule has 0 unspecified atom stereocenters. The van der Waals surface area contributed by atoms with E-state index in [9.17, 15) is 14.4 Å². The zero-order valence-electron chi connectivity index (χ0n) is 11.0. The molecule has 22 heavy (non-hydrogen) atoms. The Kier molecular flexibility index (Phi) is 2.46. The number of aromatic nitrogens is 2. The quantitative estimate of drug-likeness (QED) is 0.650. The monoisotopic (exact) mass is 312 g/mol. The van der Waals surface area contributed by atoms with Crippen LogP contribution in [0.15, 0.2) is 34.4 Å². The fourth-order valence-electron chi connectivity index (χ4n) is 2.54. The van der Waals surface area contributed by atoms with Crippen molar-refractivity contribution in [3.63, 3.8) is 0 Å². The number of nitrogens with zero attached hydrogens (tertiary/aromatic N) is 2. The number of carbonyl (C=O) groups excluding carboxylic acids is 2. The van der Waals surface area contributed by atoms with Gasteiger partial charge in [0.2, 0.25) is 0 Å². The second kappa shape index (κ2) is 4.25. The van der Waals surface area contributed by atoms with E-state index in [2.05, 4.69) is 9.69 Å². The molecule has 4 rings (SSSR count). The highest BCUT2D eigenvalue weighted by molar-refractivity contribution is 7.04. The van der Waals surface area contributed by atoms with Gasteiger partial charge in [-0.25, -0.2) is 0 Å². The number of nitrogens with one attached hydrogen (secondary N) is 1. The molecular weight excluding hydrogens is 304 g/mol. The third-order valence-electron chi connectivity index (χ3n) is 3.55. The Morgan fingerprint density at radius 2 is 1.95 bits per heavy atom. The number of hydrogen-bond donors (Lipinski definition) is 2. The van der Waals surface area contributed by atoms with Crippen LogP contribution in [0.4, 0.5) is 5.82 Å². The zero-order valence-corrected chi connectivity index (χ0v) is 11.8. The summed E-state index contributed by atoms with van der Waals surface area (Å²) in [7, 11) is 0. The lowest BCUT2D eigenvalue weighted by Crippen LogP contribution is -2.24. The lowest BCUT2D eigenvalue weighted by atomic mass is 10.1. The predicted molar refractivity (Wildman–Crippen MR) is 81.4 cm³/mol. The third-order valence-corrected chi connectivity index (χ3v) is 4.21. The van der Waals surface area contributed by atoms with Crippen LogP contribution in [0.5, 0.6) is 0 Å². The molecule has 3 N–H and O–H groups in total. The van der Waals surface area contributed by atoms with Gasteiger partial charge in [-0.15, -0.1) is 0 Å². The number of carbonyl (C=O) groups is 2. The van der Waals surface area contributed by atoms with Gasteiger partial charge in [0.15, 0.2) is 0 Å². The molecule has 3 heterocycles. The number of benzene rings is 1. The summed E-state index contributed by atoms with van der Waals surface area (Å²) >= 11 is 1.31. The number of anilines is 1. The zero-order chi connectivity index (χ0) is 15.4. The summed E-state index contributed by atoms with van der Waals surface area (Å²) in [4.78, 5) is 35.8. The molecule has 108 valence electrons. The van der Waals surface area contributed by atoms with Crippen LogP contribution in [-0.2, 0) is 0 Å². The van der Waals surface area contributed by atoms with E-state index < -0.39 is 17.4 Å². The first kappa shape index (κ1) is 12.7. The van der Waals surface area contributed by atoms with E-state index in [1.807, 2.05) is 5.38 Å². The molecule has 0 bridgehead atoms. The Bertz CT molecular complexity index is 1030. The van der Waals surface area contributed by atoms with Crippen molar-refractivity contribution < 1.29 is 9.59 Å². The minimum absolute atomic E-state index is 0.0158. The number of amides is 2. The highest BCUT2D eigenvalue weighted by atomic mass is 32.1. The highest BCUT2D eigenvalue weighted by Crippen LogP contribution is 2.25. The summed E-state index contributed by atoms with van der Waals surface area (Å²) in [6.07, 6.45) is 0. The summed E-state index contributed by atoms with van der Waals surface area (Å²) in [6, 6.07) is 6.35. The summed E-state index contributed by atoms with van der Waals surface area (Å²) in [5.41, 5.74) is 6.89. The molecule has 1 aromatic carbocycles. The Morgan fingerprint density at radius 1 is 1.14 bits per heavy atom. The fraction of sp³-hybridized carbons (Fsp3) is 0. The molecule has 0 atom stereocenters. The summed E-state index contributed by atoms with van der Waals surface area (Å²) in [5.74, 6) is -1.24. The minimum Gasteiger partial charge on any atom is -0.384 e. The molecule has 7 nitrogen and oxygen atoms in total. The Balaban J connectivity index is 2.03. The molecular formula is C14H8N4O3S. The van der Waals surface area contributed by atoms with Crippen LogP contribution in [0, 0.1) is 0 Å². The number of rotatable bonds is 1. The van der Waals surface area contributed by atoms with E-state index in [-0.39, 0.29) is 16.9 Å². The van der Waals surface area contributed by atoms with Crippen molar-refractivity contribution in [2.45, 2.75) is 0 Å². The molecule has 0 saturated carbocycles. The summed E-state index contributed by atoms with van der Waals surface area (Å²) in [5, 5.41) is 4.86. The molecule has 0 fully saturated rings. The van der Waals surface area contributed by atoms with Crippen molar-refractivity contribution in [1.29, 1.82) is 0 Å². The second-order valence-corrected chi connectivity index (χ2v) is 5.46. The Morgan fingerprint density at radius 3 is 2.77 bits per heavy atom. The smallest absolute Gasteiger partial charge is 0.262 e. The van der Waals surface area contributed by atoms with Gasteiger partial charge in [0.05, 0.1) is 22.3 Å². The number of nitrogens with two attached hydrogens (primary N) is 1. The molecule has 0 radical (unpaired) electrons. The maximum atomic E-state index is 12.3. The van der Waals surface area contributed by atoms with Crippen LogP contribution < -0.4 is 16.6 Å². The average molecular weight is 312 g/mol. The summed E-state index contributed by atoms with van der Waals surface area (Å²) in [6.45, 7) is 0. The third kappa shape index (κ3) is 1.61. The number of imide groups is 1. The standard InChI is InChI=1S/C14H8N4O3S/c15-12-11-8(13(20)16-14(11)21)4-10(19)18(12)7-1-2-9-6(3-7)5-22-17-9/h1-5H,15H2,(H,16,20,21). The molecule has 2 aromatic heterocycles. The van der Waals surface area contributed by atoms with Gasteiger partial charge in [-0.05, 0) is 29.7 Å². The normalized spacial score (nSPS) is 13.5. The van der Waals surface area contributed by atoms with Gasteiger partial charge < -0.3 is 5.73 Å². The van der Waals surface area contributed by atoms with Crippen molar-refractivity contribution in [3.05, 3.63) is 51.1 Å². The van der Waals surface area contributed by atoms with Gasteiger partial charge in [-0.1, -0.05) is 0 Å². The maximum Gasteiger partial charge on any atom is 0.262 e. The van der Waals surface area contributed by atoms with Crippen molar-refractivity contribution >= 4 is 40.1 Å². The van der Waals surface area contributed by atoms with Crippen molar-refractivity contribution in [1.82, 2.24) is 14.3 Å². The number of fused-ring (bicyclic) bond motifs is 2. The first-order chi connectivity index (χ1) is 10.6. The lowest BCUT2D eigenvalue weighted by Gasteiger charge is -2.11. The van der Waals surface area contributed by atoms with Crippen LogP contribution in [0.3, 0.4) is 0 Å². The molecule has 1 aliphatic heterocycles. The molecule has 8 heteroatoms. The fourth-order valence-corrected chi connectivity index (χ4v) is 3.18. The number of hydrogen-bond acceptors (Lipinski definition) is 6. The first-order valence-corrected chi connectivity index (χ1v) is 7.15. The SMILES string of the molecule is Nc1c2c(cc(=O)n1-c1ccc3nscc3c1)C(=O)NC2=O. The molecule has 0 spiro atoms. The van der Waals surface area contributed by atoms with Crippen LogP contribution in [0.25, 0.3) is 16.6 Å². The van der Waals surface area contributed by atoms with Gasteiger partial charge >= 0.3 is 0 Å². The molecule has 1 aliphatic rings. The van der Waals surface area contributed by atoms with E-state index in [1.54, 1.807) is 18.2 Å². The minimum atomic E-state index is -0.603. The first-order valence-electron chi connectivity index (χ1n) is 6.32. The van der Waals surface area contributed by atoms with Crippen LogP contribution in [-0.4, -0.2) is 20.8 Å². The predicted octanol–water partition coefficient (Wildman–Crippen LogP) is 0.913. The van der Waals surface area contributed by atoms with Crippen molar-refractivity contribution in [2.24, 2.45) is 0 Å². The highest BCUT2D eigenvalue weighted by Gasteiger charge is 2.31. The van der Waals surface area contributed by atoms with E-state index in [4.69, 9.17) is 5.73 Å². The van der Waals surface area contributed by atoms with Gasteiger partial charge in [0.25, 0.3) is 17.4 Å². The van der Waals surface area contributed by atoms with Crippen LogP contribution >= 0.6 is 11.5 Å². The van der Waals surface area contributed by atoms with Gasteiger partial charge in [-0.2, -0.15) is 4.37 Å². The molecule has 0 saturated heterocycles. The van der Waals surface area contributed by atoms with E-state index in [0.29, 0.717) is 5.69 Å². The molecule has 3 aromatic rings. The van der Waals surface area contributed by atoms with Crippen molar-refractivity contribution in [2.75, 3.05) is 5.73 Å². The lowest BCUT2D eigenvalue weighted by molar-refractivity contribution is 0.0880. The van der Waals surface area contributed by atoms with Gasteiger partial charge in [0, 0.05) is 16.8 Å². The van der Waals surface area contributed by atoms with Gasteiger partial charge in [0.1, 0.15) is 5.82 Å². The second-order valence-electron chi connectivity index (χ2n) is 4.83. The van der Waals surface area contributed by atoms with E-state index in [1.165, 1.54) is 16.1 Å². The maximum absolute atomic E-state index is 12.3. The largest absolute Gasteiger partial charge is 0.384 e. The van der Waals surface area contributed by atoms with Crippen molar-refractivity contribution in [3.8, 4) is 5.69 Å². The number of pyridine rings is 1. The number of nitrogen functional groups attached to an aromatic ring is 1. The Hall–Kier alpha value is -3.00.